The fourth-order valence-corrected chi connectivity index (χ4v) is 4.66. The van der Waals surface area contributed by atoms with Gasteiger partial charge in [0.1, 0.15) is 31.2 Å². The molecule has 9 nitrogen and oxygen atoms in total. The van der Waals surface area contributed by atoms with Gasteiger partial charge in [-0.1, -0.05) is 12.1 Å². The zero-order valence-corrected chi connectivity index (χ0v) is 23.6. The second-order valence-electron chi connectivity index (χ2n) is 10.3. The largest absolute Gasteiger partial charge is 0.494 e. The number of rotatable bonds is 9. The molecule has 1 aliphatic heterocycles. The van der Waals surface area contributed by atoms with E-state index in [1.807, 2.05) is 40.3 Å². The number of carbonyl (C=O) groups is 1. The Hall–Kier alpha value is -4.92. The van der Waals surface area contributed by atoms with Gasteiger partial charge in [0.25, 0.3) is 0 Å². The summed E-state index contributed by atoms with van der Waals surface area (Å²) < 4.78 is 15.1. The number of hydrogen-bond donors (Lipinski definition) is 2. The van der Waals surface area contributed by atoms with E-state index in [2.05, 4.69) is 58.0 Å². The Balaban J connectivity index is 1.30. The first-order valence-corrected chi connectivity index (χ1v) is 13.4. The molecule has 0 spiro atoms. The normalized spacial score (nSPS) is 11.1. The Labute approximate surface area is 238 Å². The molecule has 2 N–H and O–H groups in total. The van der Waals surface area contributed by atoms with E-state index in [0.29, 0.717) is 24.2 Å². The van der Waals surface area contributed by atoms with Gasteiger partial charge in [-0.15, -0.1) is 4.73 Å². The zero-order valence-electron chi connectivity index (χ0n) is 23.6. The maximum atomic E-state index is 12.0. The van der Waals surface area contributed by atoms with Crippen molar-refractivity contribution in [2.24, 2.45) is 0 Å². The lowest BCUT2D eigenvalue weighted by atomic mass is 9.93. The van der Waals surface area contributed by atoms with Crippen molar-refractivity contribution in [3.8, 4) is 40.0 Å². The van der Waals surface area contributed by atoms with Crippen LogP contribution in [0.25, 0.3) is 33.4 Å². The van der Waals surface area contributed by atoms with E-state index in [9.17, 15) is 15.0 Å². The summed E-state index contributed by atoms with van der Waals surface area (Å²) in [6, 6.07) is 23.0. The van der Waals surface area contributed by atoms with E-state index < -0.39 is 5.97 Å². The van der Waals surface area contributed by atoms with Gasteiger partial charge < -0.3 is 29.1 Å². The Bertz CT molecular complexity index is 1710. The molecule has 212 valence electrons. The van der Waals surface area contributed by atoms with Crippen LogP contribution in [-0.4, -0.2) is 55.7 Å². The third-order valence-corrected chi connectivity index (χ3v) is 6.90. The number of aromatic nitrogens is 1. The standard InChI is InChI=1S/C32H33N3O6/c1-33(2)22-10-14-25-27(19-22)40-28-20-23(34(3)4)11-15-26(28)32(25)21-8-12-24(13-9-21)39-18-6-5-7-31(38)41-35-29(36)16-17-30(35)37/h8-17,19-20H,5-7,18H2,1-4H3,(H-,36,37)/p+1. The second-order valence-corrected chi connectivity index (χ2v) is 10.3. The van der Waals surface area contributed by atoms with Crippen LogP contribution in [0.2, 0.25) is 0 Å². The topological polar surface area (TPSA) is 100 Å². The molecular weight excluding hydrogens is 522 g/mol. The maximum absolute atomic E-state index is 12.0. The molecule has 1 aliphatic carbocycles. The number of fused-ring (bicyclic) bond motifs is 2. The van der Waals surface area contributed by atoms with Crippen LogP contribution in [0.15, 0.2) is 77.2 Å². The highest BCUT2D eigenvalue weighted by molar-refractivity contribution is 6.02. The first kappa shape index (κ1) is 27.6. The maximum Gasteiger partial charge on any atom is 0.333 e. The van der Waals surface area contributed by atoms with Crippen molar-refractivity contribution in [2.45, 2.75) is 19.3 Å². The van der Waals surface area contributed by atoms with Crippen molar-refractivity contribution in [2.75, 3.05) is 39.7 Å². The van der Waals surface area contributed by atoms with Gasteiger partial charge in [0.2, 0.25) is 17.1 Å². The van der Waals surface area contributed by atoms with Gasteiger partial charge in [-0.2, -0.15) is 0 Å². The highest BCUT2D eigenvalue weighted by Crippen LogP contribution is 2.41. The number of hydrogen-bond acceptors (Lipinski definition) is 7. The minimum atomic E-state index is -0.555. The lowest BCUT2D eigenvalue weighted by molar-refractivity contribution is -0.145. The van der Waals surface area contributed by atoms with Crippen LogP contribution in [0.1, 0.15) is 19.3 Å². The summed E-state index contributed by atoms with van der Waals surface area (Å²) in [4.78, 5) is 19.0. The predicted octanol–water partition coefficient (Wildman–Crippen LogP) is 4.72. The molecule has 1 aromatic heterocycles. The van der Waals surface area contributed by atoms with Crippen LogP contribution in [0.5, 0.6) is 17.5 Å². The number of carbonyl (C=O) groups excluding carboxylic acids is 1. The van der Waals surface area contributed by atoms with Crippen molar-refractivity contribution in [3.05, 3.63) is 78.2 Å². The Morgan fingerprint density at radius 1 is 0.927 bits per heavy atom. The number of nitrogens with zero attached hydrogens (tertiary/aromatic N) is 3. The molecule has 0 unspecified atom stereocenters. The number of unbranched alkanes of at least 4 members (excludes halogenated alkanes) is 1. The summed E-state index contributed by atoms with van der Waals surface area (Å²) >= 11 is 0. The first-order valence-electron chi connectivity index (χ1n) is 13.4. The Kier molecular flexibility index (Phi) is 7.87. The third kappa shape index (κ3) is 5.99. The van der Waals surface area contributed by atoms with Gasteiger partial charge >= 0.3 is 5.97 Å². The quantitative estimate of drug-likeness (QED) is 0.154. The first-order chi connectivity index (χ1) is 19.7. The van der Waals surface area contributed by atoms with Gasteiger partial charge in [-0.25, -0.2) is 9.37 Å². The van der Waals surface area contributed by atoms with Crippen LogP contribution < -0.4 is 24.4 Å². The van der Waals surface area contributed by atoms with Gasteiger partial charge in [-0.3, -0.25) is 0 Å². The average molecular weight is 557 g/mol. The third-order valence-electron chi connectivity index (χ3n) is 6.90. The Morgan fingerprint density at radius 3 is 2.34 bits per heavy atom. The van der Waals surface area contributed by atoms with Crippen molar-refractivity contribution < 1.29 is 29.0 Å². The average Bonchev–Trinajstić information content (AvgIpc) is 3.27. The molecule has 2 heterocycles. The van der Waals surface area contributed by atoms with E-state index >= 15 is 0 Å². The minimum Gasteiger partial charge on any atom is -0.494 e. The minimum absolute atomic E-state index is 0.129. The second kappa shape index (κ2) is 11.7. The Morgan fingerprint density at radius 2 is 1.66 bits per heavy atom. The van der Waals surface area contributed by atoms with Crippen molar-refractivity contribution >= 4 is 22.6 Å². The lowest BCUT2D eigenvalue weighted by Gasteiger charge is -2.18. The van der Waals surface area contributed by atoms with Gasteiger partial charge in [0.15, 0.2) is 0 Å². The lowest BCUT2D eigenvalue weighted by Crippen LogP contribution is -2.21. The fourth-order valence-electron chi connectivity index (χ4n) is 4.66. The summed E-state index contributed by atoms with van der Waals surface area (Å²) in [5.74, 6) is 0.309. The summed E-state index contributed by atoms with van der Waals surface area (Å²) in [7, 11) is 8.05. The molecule has 0 saturated carbocycles. The van der Waals surface area contributed by atoms with Gasteiger partial charge in [0, 0.05) is 67.0 Å². The number of ether oxygens (including phenoxy) is 1. The molecule has 0 amide bonds. The molecular formula is C32H34N3O6+. The summed E-state index contributed by atoms with van der Waals surface area (Å²) in [5, 5.41) is 21.2. The molecule has 2 aromatic carbocycles. The number of anilines is 1. The molecule has 0 bridgehead atoms. The van der Waals surface area contributed by atoms with Crippen molar-refractivity contribution in [1.82, 2.24) is 9.31 Å². The predicted molar refractivity (Wildman–Crippen MR) is 158 cm³/mol. The van der Waals surface area contributed by atoms with E-state index in [-0.39, 0.29) is 18.2 Å². The molecule has 9 heteroatoms. The molecule has 0 atom stereocenters. The highest BCUT2D eigenvalue weighted by Gasteiger charge is 2.19. The smallest absolute Gasteiger partial charge is 0.333 e. The number of aromatic hydroxyl groups is 2. The SMILES string of the molecule is CN(C)c1ccc2c(-c3ccc(OCCCCC(=O)On4c(O)ccc4O)cc3)c3ccc(=[N+](C)C)cc-3oc2c1. The molecule has 0 saturated heterocycles. The van der Waals surface area contributed by atoms with E-state index in [4.69, 9.17) is 14.0 Å². The van der Waals surface area contributed by atoms with E-state index in [1.165, 1.54) is 12.1 Å². The summed E-state index contributed by atoms with van der Waals surface area (Å²) in [5.41, 5.74) is 5.06. The van der Waals surface area contributed by atoms with Crippen molar-refractivity contribution in [1.29, 1.82) is 0 Å². The van der Waals surface area contributed by atoms with Gasteiger partial charge in [-0.05, 0) is 48.7 Å². The monoisotopic (exact) mass is 556 g/mol. The van der Waals surface area contributed by atoms with Gasteiger partial charge in [0.05, 0.1) is 12.7 Å². The molecule has 0 fully saturated rings. The van der Waals surface area contributed by atoms with Crippen LogP contribution in [-0.2, 0) is 4.79 Å². The van der Waals surface area contributed by atoms with Crippen molar-refractivity contribution in [3.63, 3.8) is 0 Å². The van der Waals surface area contributed by atoms with Crippen LogP contribution in [0.4, 0.5) is 5.69 Å². The molecule has 3 aromatic rings. The molecule has 5 rings (SSSR count). The number of benzene rings is 3. The summed E-state index contributed by atoms with van der Waals surface area (Å²) in [6.45, 7) is 0.434. The molecule has 0 radical (unpaired) electrons. The molecule has 2 aliphatic rings. The zero-order chi connectivity index (χ0) is 29.1. The van der Waals surface area contributed by atoms with E-state index in [0.717, 1.165) is 50.2 Å². The van der Waals surface area contributed by atoms with Crippen LogP contribution in [0.3, 0.4) is 0 Å². The van der Waals surface area contributed by atoms with E-state index in [1.54, 1.807) is 0 Å². The summed E-state index contributed by atoms with van der Waals surface area (Å²) in [6.07, 6.45) is 1.30. The van der Waals surface area contributed by atoms with Crippen LogP contribution in [0, 0.1) is 0 Å². The molecule has 41 heavy (non-hydrogen) atoms. The fraction of sp³-hybridized carbons (Fsp3) is 0.250. The van der Waals surface area contributed by atoms with Crippen LogP contribution >= 0.6 is 0 Å². The highest BCUT2D eigenvalue weighted by atomic mass is 16.7.